The molecule has 0 saturated carbocycles. The van der Waals surface area contributed by atoms with Crippen LogP contribution in [0.5, 0.6) is 0 Å². The van der Waals surface area contributed by atoms with Crippen molar-refractivity contribution in [1.82, 2.24) is 15.2 Å². The number of nitrogens with zero attached hydrogens (tertiary/aromatic N) is 3. The first-order chi connectivity index (χ1) is 11.4. The molecule has 0 atom stereocenters. The third-order valence-electron chi connectivity index (χ3n) is 3.91. The molecule has 0 N–H and O–H groups in total. The summed E-state index contributed by atoms with van der Waals surface area (Å²) < 4.78 is 0. The average Bonchev–Trinajstić information content (AvgIpc) is 2.64. The van der Waals surface area contributed by atoms with Crippen LogP contribution in [0.25, 0.3) is 22.0 Å². The first kappa shape index (κ1) is 13.6. The predicted molar refractivity (Wildman–Crippen MR) is 92.0 cm³/mol. The van der Waals surface area contributed by atoms with E-state index in [4.69, 9.17) is 0 Å². The lowest BCUT2D eigenvalue weighted by Crippen LogP contribution is -1.99. The van der Waals surface area contributed by atoms with Crippen molar-refractivity contribution in [2.24, 2.45) is 0 Å². The maximum atomic E-state index is 4.50. The van der Waals surface area contributed by atoms with Crippen molar-refractivity contribution in [1.29, 1.82) is 0 Å². The summed E-state index contributed by atoms with van der Waals surface area (Å²) >= 11 is 0. The van der Waals surface area contributed by atoms with Gasteiger partial charge in [-0.2, -0.15) is 5.10 Å². The maximum absolute atomic E-state index is 4.50. The summed E-state index contributed by atoms with van der Waals surface area (Å²) in [5.41, 5.74) is 4.13. The SMILES string of the molecule is c1ccc(-c2nnc(Cc3cccnc3)c3ccccc23)cc1. The molecule has 0 saturated heterocycles. The molecule has 23 heavy (non-hydrogen) atoms. The minimum absolute atomic E-state index is 0.733. The summed E-state index contributed by atoms with van der Waals surface area (Å²) in [6.45, 7) is 0. The van der Waals surface area contributed by atoms with Crippen LogP contribution in [0.15, 0.2) is 79.1 Å². The zero-order chi connectivity index (χ0) is 15.5. The van der Waals surface area contributed by atoms with Crippen LogP contribution in [0.4, 0.5) is 0 Å². The second-order valence-electron chi connectivity index (χ2n) is 5.44. The van der Waals surface area contributed by atoms with Gasteiger partial charge in [-0.15, -0.1) is 5.10 Å². The van der Waals surface area contributed by atoms with Crippen molar-refractivity contribution in [3.05, 3.63) is 90.4 Å². The molecule has 0 aliphatic rings. The molecule has 2 heterocycles. The lowest BCUT2D eigenvalue weighted by molar-refractivity contribution is 0.959. The summed E-state index contributed by atoms with van der Waals surface area (Å²) in [6.07, 6.45) is 4.39. The minimum atomic E-state index is 0.733. The van der Waals surface area contributed by atoms with E-state index in [2.05, 4.69) is 45.5 Å². The summed E-state index contributed by atoms with van der Waals surface area (Å²) in [4.78, 5) is 4.18. The van der Waals surface area contributed by atoms with Gasteiger partial charge in [0.15, 0.2) is 0 Å². The number of hydrogen-bond acceptors (Lipinski definition) is 3. The van der Waals surface area contributed by atoms with Gasteiger partial charge in [-0.25, -0.2) is 0 Å². The van der Waals surface area contributed by atoms with Crippen molar-refractivity contribution < 1.29 is 0 Å². The van der Waals surface area contributed by atoms with Crippen molar-refractivity contribution in [3.8, 4) is 11.3 Å². The monoisotopic (exact) mass is 297 g/mol. The molecule has 0 spiro atoms. The second kappa shape index (κ2) is 5.97. The van der Waals surface area contributed by atoms with Crippen LogP contribution in [-0.4, -0.2) is 15.2 Å². The van der Waals surface area contributed by atoms with Gasteiger partial charge in [0, 0.05) is 35.2 Å². The molecule has 0 radical (unpaired) electrons. The minimum Gasteiger partial charge on any atom is -0.264 e. The van der Waals surface area contributed by atoms with Gasteiger partial charge in [-0.1, -0.05) is 60.7 Å². The third kappa shape index (κ3) is 2.69. The van der Waals surface area contributed by atoms with Gasteiger partial charge in [0.2, 0.25) is 0 Å². The molecule has 0 bridgehead atoms. The molecule has 0 fully saturated rings. The first-order valence-corrected chi connectivity index (χ1v) is 7.60. The van der Waals surface area contributed by atoms with Gasteiger partial charge >= 0.3 is 0 Å². The molecule has 2 aromatic heterocycles. The molecule has 0 unspecified atom stereocenters. The molecule has 4 rings (SSSR count). The van der Waals surface area contributed by atoms with Crippen molar-refractivity contribution >= 4 is 10.8 Å². The smallest absolute Gasteiger partial charge is 0.101 e. The highest BCUT2D eigenvalue weighted by molar-refractivity contribution is 5.95. The van der Waals surface area contributed by atoms with Crippen LogP contribution in [0, 0.1) is 0 Å². The quantitative estimate of drug-likeness (QED) is 0.566. The van der Waals surface area contributed by atoms with Gasteiger partial charge in [0.05, 0.1) is 5.69 Å². The standard InChI is InChI=1S/C20H15N3/c1-2-8-16(9-3-1)20-18-11-5-4-10-17(18)19(22-23-20)13-15-7-6-12-21-14-15/h1-12,14H,13H2. The Kier molecular flexibility index (Phi) is 3.53. The van der Waals surface area contributed by atoms with Crippen LogP contribution in [-0.2, 0) is 6.42 Å². The van der Waals surface area contributed by atoms with E-state index < -0.39 is 0 Å². The number of hydrogen-bond donors (Lipinski definition) is 0. The fourth-order valence-electron chi connectivity index (χ4n) is 2.80. The Morgan fingerprint density at radius 2 is 1.48 bits per heavy atom. The van der Waals surface area contributed by atoms with Gasteiger partial charge in [0.25, 0.3) is 0 Å². The molecule has 110 valence electrons. The summed E-state index contributed by atoms with van der Waals surface area (Å²) in [5.74, 6) is 0. The number of aromatic nitrogens is 3. The maximum Gasteiger partial charge on any atom is 0.101 e. The van der Waals surface area contributed by atoms with Crippen molar-refractivity contribution in [2.75, 3.05) is 0 Å². The molecule has 2 aromatic carbocycles. The Bertz CT molecular complexity index is 935. The number of benzene rings is 2. The van der Waals surface area contributed by atoms with Crippen LogP contribution in [0.1, 0.15) is 11.3 Å². The largest absolute Gasteiger partial charge is 0.264 e. The fourth-order valence-corrected chi connectivity index (χ4v) is 2.80. The van der Waals surface area contributed by atoms with E-state index in [0.29, 0.717) is 0 Å². The van der Waals surface area contributed by atoms with E-state index in [-0.39, 0.29) is 0 Å². The molecular formula is C20H15N3. The van der Waals surface area contributed by atoms with Gasteiger partial charge < -0.3 is 0 Å². The lowest BCUT2D eigenvalue weighted by atomic mass is 10.0. The highest BCUT2D eigenvalue weighted by Crippen LogP contribution is 2.28. The van der Waals surface area contributed by atoms with Crippen LogP contribution < -0.4 is 0 Å². The van der Waals surface area contributed by atoms with E-state index in [1.54, 1.807) is 6.20 Å². The number of rotatable bonds is 3. The Morgan fingerprint density at radius 3 is 2.26 bits per heavy atom. The van der Waals surface area contributed by atoms with E-state index in [1.807, 2.05) is 42.6 Å². The topological polar surface area (TPSA) is 38.7 Å². The zero-order valence-electron chi connectivity index (χ0n) is 12.6. The van der Waals surface area contributed by atoms with Gasteiger partial charge in [-0.05, 0) is 11.6 Å². The molecule has 4 aromatic rings. The Labute approximate surface area is 134 Å². The van der Waals surface area contributed by atoms with Crippen LogP contribution in [0.3, 0.4) is 0 Å². The molecule has 0 amide bonds. The van der Waals surface area contributed by atoms with E-state index in [0.717, 1.165) is 39.7 Å². The first-order valence-electron chi connectivity index (χ1n) is 7.60. The fraction of sp³-hybridized carbons (Fsp3) is 0.0500. The molecule has 0 aliphatic carbocycles. The Morgan fingerprint density at radius 1 is 0.696 bits per heavy atom. The molecule has 3 nitrogen and oxygen atoms in total. The number of fused-ring (bicyclic) bond motifs is 1. The molecule has 0 aliphatic heterocycles. The third-order valence-corrected chi connectivity index (χ3v) is 3.91. The van der Waals surface area contributed by atoms with Gasteiger partial charge in [0.1, 0.15) is 5.69 Å². The van der Waals surface area contributed by atoms with Crippen molar-refractivity contribution in [2.45, 2.75) is 6.42 Å². The number of pyridine rings is 1. The zero-order valence-corrected chi connectivity index (χ0v) is 12.6. The second-order valence-corrected chi connectivity index (χ2v) is 5.44. The summed E-state index contributed by atoms with van der Waals surface area (Å²) in [7, 11) is 0. The summed E-state index contributed by atoms with van der Waals surface area (Å²) in [5, 5.41) is 11.3. The van der Waals surface area contributed by atoms with Gasteiger partial charge in [-0.3, -0.25) is 4.98 Å². The Balaban J connectivity index is 1.86. The normalized spacial score (nSPS) is 10.8. The molecular weight excluding hydrogens is 282 g/mol. The van der Waals surface area contributed by atoms with E-state index >= 15 is 0 Å². The van der Waals surface area contributed by atoms with E-state index in [1.165, 1.54) is 0 Å². The highest BCUT2D eigenvalue weighted by Gasteiger charge is 2.11. The lowest BCUT2D eigenvalue weighted by Gasteiger charge is -2.09. The average molecular weight is 297 g/mol. The highest BCUT2D eigenvalue weighted by atomic mass is 15.1. The van der Waals surface area contributed by atoms with Crippen LogP contribution in [0.2, 0.25) is 0 Å². The molecule has 3 heteroatoms. The summed E-state index contributed by atoms with van der Waals surface area (Å²) in [6, 6.07) is 22.5. The van der Waals surface area contributed by atoms with E-state index in [9.17, 15) is 0 Å². The van der Waals surface area contributed by atoms with Crippen molar-refractivity contribution in [3.63, 3.8) is 0 Å². The van der Waals surface area contributed by atoms with Crippen LogP contribution >= 0.6 is 0 Å². The predicted octanol–water partition coefficient (Wildman–Crippen LogP) is 4.28. The Hall–Kier alpha value is -3.07.